The Hall–Kier alpha value is -1.68. The fraction of sp³-hybridized carbons (Fsp3) is 0.438. The molecule has 0 atom stereocenters. The molecule has 3 nitrogen and oxygen atoms in total. The quantitative estimate of drug-likeness (QED) is 0.878. The lowest BCUT2D eigenvalue weighted by Gasteiger charge is -2.12. The molecule has 0 saturated heterocycles. The summed E-state index contributed by atoms with van der Waals surface area (Å²) in [6.45, 7) is 8.89. The van der Waals surface area contributed by atoms with E-state index in [0.717, 1.165) is 36.7 Å². The van der Waals surface area contributed by atoms with Crippen LogP contribution in [0.15, 0.2) is 30.5 Å². The lowest BCUT2D eigenvalue weighted by molar-refractivity contribution is 0.537. The summed E-state index contributed by atoms with van der Waals surface area (Å²) in [7, 11) is 0. The van der Waals surface area contributed by atoms with Crippen LogP contribution >= 0.6 is 0 Å². The van der Waals surface area contributed by atoms with Gasteiger partial charge in [-0.25, -0.2) is 9.37 Å². The zero-order valence-electron chi connectivity index (χ0n) is 12.4. The van der Waals surface area contributed by atoms with Crippen molar-refractivity contribution < 1.29 is 4.39 Å². The van der Waals surface area contributed by atoms with Crippen molar-refractivity contribution in [1.82, 2.24) is 14.9 Å². The van der Waals surface area contributed by atoms with Crippen LogP contribution in [-0.4, -0.2) is 16.1 Å². The van der Waals surface area contributed by atoms with Gasteiger partial charge in [0.25, 0.3) is 0 Å². The highest BCUT2D eigenvalue weighted by Gasteiger charge is 2.07. The molecule has 0 amide bonds. The van der Waals surface area contributed by atoms with Gasteiger partial charge < -0.3 is 9.88 Å². The summed E-state index contributed by atoms with van der Waals surface area (Å²) >= 11 is 0. The highest BCUT2D eigenvalue weighted by Crippen LogP contribution is 2.11. The number of hydrogen-bond acceptors (Lipinski definition) is 2. The summed E-state index contributed by atoms with van der Waals surface area (Å²) in [5.74, 6) is 1.41. The molecule has 0 spiro atoms. The smallest absolute Gasteiger partial charge is 0.123 e. The molecule has 0 aliphatic heterocycles. The summed E-state index contributed by atoms with van der Waals surface area (Å²) in [6, 6.07) is 6.64. The molecule has 20 heavy (non-hydrogen) atoms. The summed E-state index contributed by atoms with van der Waals surface area (Å²) in [6.07, 6.45) is 1.91. The topological polar surface area (TPSA) is 29.9 Å². The average molecular weight is 275 g/mol. The molecular weight excluding hydrogens is 253 g/mol. The fourth-order valence-electron chi connectivity index (χ4n) is 2.13. The molecular formula is C16H22FN3. The summed E-state index contributed by atoms with van der Waals surface area (Å²) in [5, 5.41) is 3.43. The van der Waals surface area contributed by atoms with Gasteiger partial charge in [0.1, 0.15) is 11.6 Å². The van der Waals surface area contributed by atoms with Crippen molar-refractivity contribution in [3.8, 4) is 0 Å². The monoisotopic (exact) mass is 275 g/mol. The van der Waals surface area contributed by atoms with E-state index in [1.807, 2.05) is 25.3 Å². The van der Waals surface area contributed by atoms with Crippen LogP contribution in [0.2, 0.25) is 0 Å². The van der Waals surface area contributed by atoms with Crippen molar-refractivity contribution in [1.29, 1.82) is 0 Å². The first-order valence-electron chi connectivity index (χ1n) is 7.02. The van der Waals surface area contributed by atoms with Gasteiger partial charge in [-0.1, -0.05) is 26.0 Å². The maximum atomic E-state index is 12.9. The van der Waals surface area contributed by atoms with E-state index in [2.05, 4.69) is 28.7 Å². The Morgan fingerprint density at radius 3 is 2.60 bits per heavy atom. The van der Waals surface area contributed by atoms with Gasteiger partial charge >= 0.3 is 0 Å². The molecule has 0 unspecified atom stereocenters. The van der Waals surface area contributed by atoms with Gasteiger partial charge in [-0.15, -0.1) is 0 Å². The van der Waals surface area contributed by atoms with Crippen LogP contribution < -0.4 is 5.32 Å². The van der Waals surface area contributed by atoms with Crippen LogP contribution in [-0.2, 0) is 13.1 Å². The van der Waals surface area contributed by atoms with Crippen LogP contribution in [0, 0.1) is 18.7 Å². The molecule has 1 aromatic carbocycles. The maximum Gasteiger partial charge on any atom is 0.123 e. The van der Waals surface area contributed by atoms with Crippen molar-refractivity contribution in [3.63, 3.8) is 0 Å². The average Bonchev–Trinajstić information content (AvgIpc) is 2.74. The summed E-state index contributed by atoms with van der Waals surface area (Å²) < 4.78 is 15.1. The van der Waals surface area contributed by atoms with Crippen LogP contribution in [0.4, 0.5) is 4.39 Å². The van der Waals surface area contributed by atoms with Gasteiger partial charge in [0.15, 0.2) is 0 Å². The number of nitrogens with one attached hydrogen (secondary N) is 1. The number of nitrogens with zero attached hydrogens (tertiary/aromatic N) is 2. The number of imidazole rings is 1. The molecule has 108 valence electrons. The number of halogens is 1. The normalized spacial score (nSPS) is 11.2. The Bertz CT molecular complexity index is 543. The first kappa shape index (κ1) is 14.7. The predicted molar refractivity (Wildman–Crippen MR) is 79.0 cm³/mol. The molecule has 0 aliphatic carbocycles. The second kappa shape index (κ2) is 6.66. The minimum absolute atomic E-state index is 0.199. The van der Waals surface area contributed by atoms with Gasteiger partial charge in [0.05, 0.1) is 5.69 Å². The maximum absolute atomic E-state index is 12.9. The molecule has 1 N–H and O–H groups in total. The fourth-order valence-corrected chi connectivity index (χ4v) is 2.13. The van der Waals surface area contributed by atoms with Crippen molar-refractivity contribution in [2.75, 3.05) is 6.54 Å². The van der Waals surface area contributed by atoms with E-state index in [1.54, 1.807) is 0 Å². The van der Waals surface area contributed by atoms with E-state index < -0.39 is 0 Å². The zero-order chi connectivity index (χ0) is 14.5. The van der Waals surface area contributed by atoms with Crippen LogP contribution in [0.3, 0.4) is 0 Å². The van der Waals surface area contributed by atoms with E-state index in [-0.39, 0.29) is 5.82 Å². The molecule has 0 fully saturated rings. The Morgan fingerprint density at radius 1 is 1.25 bits per heavy atom. The van der Waals surface area contributed by atoms with E-state index in [9.17, 15) is 4.39 Å². The molecule has 0 bridgehead atoms. The third-order valence-electron chi connectivity index (χ3n) is 3.25. The van der Waals surface area contributed by atoms with Crippen LogP contribution in [0.5, 0.6) is 0 Å². The largest absolute Gasteiger partial charge is 0.327 e. The van der Waals surface area contributed by atoms with Crippen molar-refractivity contribution in [2.24, 2.45) is 5.92 Å². The molecule has 0 aliphatic rings. The Morgan fingerprint density at radius 2 is 1.95 bits per heavy atom. The SMILES string of the molecule is Cc1ncc(CNCC(C)C)n1Cc1ccc(F)cc1. The number of aryl methyl sites for hydroxylation is 1. The number of rotatable bonds is 6. The standard InChI is InChI=1S/C16H22FN3/c1-12(2)8-18-9-16-10-19-13(3)20(16)11-14-4-6-15(17)7-5-14/h4-7,10,12,18H,8-9,11H2,1-3H3. The minimum atomic E-state index is -0.199. The third-order valence-corrected chi connectivity index (χ3v) is 3.25. The highest BCUT2D eigenvalue weighted by atomic mass is 19.1. The predicted octanol–water partition coefficient (Wildman–Crippen LogP) is 3.12. The lowest BCUT2D eigenvalue weighted by Crippen LogP contribution is -2.21. The van der Waals surface area contributed by atoms with E-state index in [4.69, 9.17) is 0 Å². The van der Waals surface area contributed by atoms with Crippen molar-refractivity contribution in [2.45, 2.75) is 33.9 Å². The van der Waals surface area contributed by atoms with Crippen molar-refractivity contribution in [3.05, 3.63) is 53.4 Å². The van der Waals surface area contributed by atoms with Gasteiger partial charge in [0.2, 0.25) is 0 Å². The van der Waals surface area contributed by atoms with Crippen LogP contribution in [0.25, 0.3) is 0 Å². The first-order chi connectivity index (χ1) is 9.56. The molecule has 0 saturated carbocycles. The summed E-state index contributed by atoms with van der Waals surface area (Å²) in [5.41, 5.74) is 2.24. The van der Waals surface area contributed by atoms with Gasteiger partial charge in [-0.3, -0.25) is 0 Å². The summed E-state index contributed by atoms with van der Waals surface area (Å²) in [4.78, 5) is 4.38. The second-order valence-corrected chi connectivity index (χ2v) is 5.53. The van der Waals surface area contributed by atoms with Gasteiger partial charge in [-0.05, 0) is 37.1 Å². The Balaban J connectivity index is 2.06. The molecule has 2 aromatic rings. The number of benzene rings is 1. The first-order valence-corrected chi connectivity index (χ1v) is 7.02. The molecule has 1 aromatic heterocycles. The molecule has 1 heterocycles. The van der Waals surface area contributed by atoms with Crippen molar-refractivity contribution >= 4 is 0 Å². The van der Waals surface area contributed by atoms with Gasteiger partial charge in [-0.2, -0.15) is 0 Å². The zero-order valence-corrected chi connectivity index (χ0v) is 12.4. The van der Waals surface area contributed by atoms with E-state index in [1.165, 1.54) is 12.1 Å². The lowest BCUT2D eigenvalue weighted by atomic mass is 10.2. The van der Waals surface area contributed by atoms with E-state index in [0.29, 0.717) is 5.92 Å². The Kier molecular flexibility index (Phi) is 4.90. The second-order valence-electron chi connectivity index (χ2n) is 5.53. The Labute approximate surface area is 119 Å². The molecule has 0 radical (unpaired) electrons. The molecule has 2 rings (SSSR count). The molecule has 4 heteroatoms. The third kappa shape index (κ3) is 3.90. The number of hydrogen-bond donors (Lipinski definition) is 1. The van der Waals surface area contributed by atoms with E-state index >= 15 is 0 Å². The number of aromatic nitrogens is 2. The highest BCUT2D eigenvalue weighted by molar-refractivity contribution is 5.18. The van der Waals surface area contributed by atoms with Crippen LogP contribution in [0.1, 0.15) is 30.9 Å². The van der Waals surface area contributed by atoms with Gasteiger partial charge in [0, 0.05) is 19.3 Å². The minimum Gasteiger partial charge on any atom is -0.327 e.